The van der Waals surface area contributed by atoms with Crippen LogP contribution in [0.4, 0.5) is 0 Å². The highest BCUT2D eigenvalue weighted by Gasteiger charge is 2.28. The molecule has 0 aliphatic heterocycles. The number of aliphatic carboxylic acids is 1. The molecule has 0 aliphatic carbocycles. The molecule has 4 N–H and O–H groups in total. The van der Waals surface area contributed by atoms with E-state index in [0.717, 1.165) is 0 Å². The number of hydrogen-bond acceptors (Lipinski definition) is 3. The van der Waals surface area contributed by atoms with Gasteiger partial charge in [0.1, 0.15) is 6.04 Å². The van der Waals surface area contributed by atoms with Crippen molar-refractivity contribution < 1.29 is 15.0 Å². The average molecular weight is 175 g/mol. The van der Waals surface area contributed by atoms with Crippen LogP contribution < -0.4 is 5.73 Å². The van der Waals surface area contributed by atoms with Crippen LogP contribution in [0.1, 0.15) is 20.8 Å². The summed E-state index contributed by atoms with van der Waals surface area (Å²) in [7, 11) is 0. The van der Waals surface area contributed by atoms with E-state index in [9.17, 15) is 9.90 Å². The predicted molar refractivity (Wildman–Crippen MR) is 45.6 cm³/mol. The van der Waals surface area contributed by atoms with Crippen LogP contribution in [0.2, 0.25) is 0 Å². The van der Waals surface area contributed by atoms with Gasteiger partial charge in [0.15, 0.2) is 0 Å². The van der Waals surface area contributed by atoms with Gasteiger partial charge in [0, 0.05) is 0 Å². The molecule has 0 aromatic heterocycles. The number of rotatable bonds is 4. The molecule has 72 valence electrons. The van der Waals surface area contributed by atoms with E-state index < -0.39 is 18.1 Å². The topological polar surface area (TPSA) is 83.5 Å². The molecule has 4 heteroatoms. The Morgan fingerprint density at radius 3 is 2.00 bits per heavy atom. The van der Waals surface area contributed by atoms with Crippen LogP contribution in [-0.2, 0) is 4.79 Å². The summed E-state index contributed by atoms with van der Waals surface area (Å²) in [6.45, 7) is 5.63. The Balaban J connectivity index is 4.18. The van der Waals surface area contributed by atoms with Gasteiger partial charge >= 0.3 is 5.97 Å². The summed E-state index contributed by atoms with van der Waals surface area (Å²) in [5.41, 5.74) is 5.25. The fourth-order valence-corrected chi connectivity index (χ4v) is 0.867. The number of hydrogen-bond donors (Lipinski definition) is 3. The monoisotopic (exact) mass is 175 g/mol. The lowest BCUT2D eigenvalue weighted by Crippen LogP contribution is -2.46. The van der Waals surface area contributed by atoms with E-state index >= 15 is 0 Å². The molecule has 0 saturated heterocycles. The Labute approximate surface area is 72.4 Å². The fraction of sp³-hybridized carbons (Fsp3) is 0.875. The molecule has 12 heavy (non-hydrogen) atoms. The van der Waals surface area contributed by atoms with Crippen molar-refractivity contribution >= 4 is 5.97 Å². The van der Waals surface area contributed by atoms with Crippen LogP contribution in [0.3, 0.4) is 0 Å². The van der Waals surface area contributed by atoms with Gasteiger partial charge in [0.2, 0.25) is 0 Å². The minimum atomic E-state index is -1.18. The smallest absolute Gasteiger partial charge is 0.323 e. The van der Waals surface area contributed by atoms with Crippen molar-refractivity contribution in [2.75, 3.05) is 0 Å². The molecule has 0 rings (SSSR count). The van der Waals surface area contributed by atoms with Crippen molar-refractivity contribution in [2.45, 2.75) is 32.9 Å². The highest BCUT2D eigenvalue weighted by atomic mass is 16.4. The van der Waals surface area contributed by atoms with Crippen LogP contribution in [-0.4, -0.2) is 28.3 Å². The number of carbonyl (C=O) groups is 1. The van der Waals surface area contributed by atoms with Crippen molar-refractivity contribution in [3.8, 4) is 0 Å². The summed E-state index contributed by atoms with van der Waals surface area (Å²) in [5, 5.41) is 17.9. The normalized spacial score (nSPS) is 18.8. The molecule has 0 bridgehead atoms. The number of aliphatic hydroxyl groups excluding tert-OH is 1. The molecule has 3 atom stereocenters. The second-order valence-corrected chi connectivity index (χ2v) is 3.46. The molecule has 0 heterocycles. The van der Waals surface area contributed by atoms with Gasteiger partial charge in [-0.15, -0.1) is 0 Å². The first-order valence-corrected chi connectivity index (χ1v) is 4.04. The van der Waals surface area contributed by atoms with Gasteiger partial charge in [-0.3, -0.25) is 4.79 Å². The first-order valence-electron chi connectivity index (χ1n) is 4.04. The fourth-order valence-electron chi connectivity index (χ4n) is 0.867. The molecule has 0 aliphatic rings. The Morgan fingerprint density at radius 2 is 1.75 bits per heavy atom. The maximum atomic E-state index is 10.4. The summed E-state index contributed by atoms with van der Waals surface area (Å²) in [4.78, 5) is 10.4. The highest BCUT2D eigenvalue weighted by Crippen LogP contribution is 2.16. The van der Waals surface area contributed by atoms with E-state index in [1.165, 1.54) is 0 Å². The first kappa shape index (κ1) is 11.4. The van der Waals surface area contributed by atoms with Gasteiger partial charge < -0.3 is 15.9 Å². The van der Waals surface area contributed by atoms with Crippen molar-refractivity contribution in [3.05, 3.63) is 0 Å². The van der Waals surface area contributed by atoms with Gasteiger partial charge in [0.25, 0.3) is 0 Å². The minimum absolute atomic E-state index is 0.101. The van der Waals surface area contributed by atoms with E-state index in [4.69, 9.17) is 10.8 Å². The second kappa shape index (κ2) is 4.42. The zero-order chi connectivity index (χ0) is 9.89. The molecule has 0 unspecified atom stereocenters. The molecule has 0 spiro atoms. The molecule has 0 saturated carbocycles. The number of carboxylic acid groups (broad SMARTS) is 1. The number of aliphatic hydroxyl groups is 1. The van der Waals surface area contributed by atoms with Gasteiger partial charge in [0.05, 0.1) is 6.10 Å². The van der Waals surface area contributed by atoms with Crippen LogP contribution in [0.5, 0.6) is 0 Å². The second-order valence-electron chi connectivity index (χ2n) is 3.46. The first-order chi connectivity index (χ1) is 5.37. The van der Waals surface area contributed by atoms with Gasteiger partial charge in [-0.25, -0.2) is 0 Å². The van der Waals surface area contributed by atoms with E-state index in [1.807, 2.05) is 13.8 Å². The molecular weight excluding hydrogens is 158 g/mol. The SMILES string of the molecule is CC(C)[C@@H](C)[C@H](O)[C@@H](N)C(=O)O. The molecule has 0 aromatic rings. The van der Waals surface area contributed by atoms with Crippen molar-refractivity contribution in [2.24, 2.45) is 17.6 Å². The maximum absolute atomic E-state index is 10.4. The van der Waals surface area contributed by atoms with E-state index in [0.29, 0.717) is 0 Å². The summed E-state index contributed by atoms with van der Waals surface area (Å²) in [5.74, 6) is -1.03. The lowest BCUT2D eigenvalue weighted by Gasteiger charge is -2.24. The Hall–Kier alpha value is -0.610. The summed E-state index contributed by atoms with van der Waals surface area (Å²) >= 11 is 0. The third kappa shape index (κ3) is 2.79. The van der Waals surface area contributed by atoms with Crippen LogP contribution >= 0.6 is 0 Å². The van der Waals surface area contributed by atoms with Crippen molar-refractivity contribution in [3.63, 3.8) is 0 Å². The highest BCUT2D eigenvalue weighted by molar-refractivity contribution is 5.73. The van der Waals surface area contributed by atoms with Crippen molar-refractivity contribution in [1.29, 1.82) is 0 Å². The van der Waals surface area contributed by atoms with E-state index in [1.54, 1.807) is 6.92 Å². The van der Waals surface area contributed by atoms with E-state index in [-0.39, 0.29) is 11.8 Å². The summed E-state index contributed by atoms with van der Waals surface area (Å²) in [6.07, 6.45) is -0.970. The quantitative estimate of drug-likeness (QED) is 0.563. The zero-order valence-corrected chi connectivity index (χ0v) is 7.69. The Bertz CT molecular complexity index is 158. The van der Waals surface area contributed by atoms with Gasteiger partial charge in [-0.2, -0.15) is 0 Å². The molecule has 0 aromatic carbocycles. The van der Waals surface area contributed by atoms with Crippen LogP contribution in [0.25, 0.3) is 0 Å². The third-order valence-electron chi connectivity index (χ3n) is 2.24. The van der Waals surface area contributed by atoms with Gasteiger partial charge in [-0.05, 0) is 11.8 Å². The van der Waals surface area contributed by atoms with Gasteiger partial charge in [-0.1, -0.05) is 20.8 Å². The molecule has 0 radical (unpaired) electrons. The standard InChI is InChI=1S/C8H17NO3/c1-4(2)5(3)7(10)6(9)8(11)12/h4-7,10H,9H2,1-3H3,(H,11,12)/t5-,6-,7+/m1/s1. The lowest BCUT2D eigenvalue weighted by atomic mass is 9.88. The minimum Gasteiger partial charge on any atom is -0.480 e. The summed E-state index contributed by atoms with van der Waals surface area (Å²) in [6, 6.07) is -1.18. The number of nitrogens with two attached hydrogens (primary N) is 1. The molecule has 4 nitrogen and oxygen atoms in total. The summed E-state index contributed by atoms with van der Waals surface area (Å²) < 4.78 is 0. The molecule has 0 fully saturated rings. The Morgan fingerprint density at radius 1 is 1.33 bits per heavy atom. The van der Waals surface area contributed by atoms with Crippen LogP contribution in [0, 0.1) is 11.8 Å². The number of carboxylic acids is 1. The van der Waals surface area contributed by atoms with E-state index in [2.05, 4.69) is 0 Å². The largest absolute Gasteiger partial charge is 0.480 e. The predicted octanol–water partition coefficient (Wildman–Crippen LogP) is 0.0513. The zero-order valence-electron chi connectivity index (χ0n) is 7.69. The lowest BCUT2D eigenvalue weighted by molar-refractivity contribution is -0.142. The molecule has 0 amide bonds. The van der Waals surface area contributed by atoms with Crippen LogP contribution in [0.15, 0.2) is 0 Å². The maximum Gasteiger partial charge on any atom is 0.323 e. The molecular formula is C8H17NO3. The average Bonchev–Trinajstić information content (AvgIpc) is 2.00. The van der Waals surface area contributed by atoms with Crippen molar-refractivity contribution in [1.82, 2.24) is 0 Å². The Kier molecular flexibility index (Phi) is 4.20. The third-order valence-corrected chi connectivity index (χ3v) is 2.24.